The van der Waals surface area contributed by atoms with E-state index in [1.54, 1.807) is 0 Å². The minimum atomic E-state index is 0.225. The van der Waals surface area contributed by atoms with Crippen molar-refractivity contribution < 1.29 is 4.79 Å². The van der Waals surface area contributed by atoms with Crippen LogP contribution in [0.5, 0.6) is 0 Å². The standard InChI is InChI=1S/C17H23N3O/c1-3-15-8-4-5-10-20(15)16(21)11-14-12-19-9-6-7-13(2)17(19)18-14/h6-7,9,12,15H,3-5,8,10-11H2,1-2H3. The fraction of sp³-hybridized carbons (Fsp3) is 0.529. The molecule has 1 amide bonds. The fourth-order valence-corrected chi connectivity index (χ4v) is 3.30. The predicted molar refractivity (Wildman–Crippen MR) is 83.3 cm³/mol. The number of carbonyl (C=O) groups is 1. The molecule has 4 nitrogen and oxygen atoms in total. The molecule has 4 heteroatoms. The summed E-state index contributed by atoms with van der Waals surface area (Å²) >= 11 is 0. The van der Waals surface area contributed by atoms with E-state index in [0.29, 0.717) is 12.5 Å². The Labute approximate surface area is 125 Å². The molecule has 1 atom stereocenters. The second kappa shape index (κ2) is 5.88. The van der Waals surface area contributed by atoms with E-state index in [0.717, 1.165) is 42.7 Å². The first kappa shape index (κ1) is 14.1. The summed E-state index contributed by atoms with van der Waals surface area (Å²) in [6.45, 7) is 5.12. The third-order valence-corrected chi connectivity index (χ3v) is 4.48. The smallest absolute Gasteiger partial charge is 0.228 e. The average Bonchev–Trinajstić information content (AvgIpc) is 2.91. The number of fused-ring (bicyclic) bond motifs is 1. The molecule has 0 aliphatic carbocycles. The molecule has 0 saturated carbocycles. The number of hydrogen-bond acceptors (Lipinski definition) is 2. The van der Waals surface area contributed by atoms with E-state index >= 15 is 0 Å². The van der Waals surface area contributed by atoms with Crippen molar-refractivity contribution in [2.75, 3.05) is 6.54 Å². The Kier molecular flexibility index (Phi) is 3.95. The van der Waals surface area contributed by atoms with E-state index in [4.69, 9.17) is 0 Å². The lowest BCUT2D eigenvalue weighted by molar-refractivity contribution is -0.134. The minimum Gasteiger partial charge on any atom is -0.339 e. The maximum atomic E-state index is 12.6. The molecular weight excluding hydrogens is 262 g/mol. The molecule has 2 aromatic rings. The van der Waals surface area contributed by atoms with E-state index < -0.39 is 0 Å². The monoisotopic (exact) mass is 285 g/mol. The van der Waals surface area contributed by atoms with Crippen molar-refractivity contribution >= 4 is 11.6 Å². The van der Waals surface area contributed by atoms with Crippen molar-refractivity contribution in [1.29, 1.82) is 0 Å². The number of nitrogens with zero attached hydrogens (tertiary/aromatic N) is 3. The van der Waals surface area contributed by atoms with Gasteiger partial charge in [-0.15, -0.1) is 0 Å². The molecule has 0 spiro atoms. The lowest BCUT2D eigenvalue weighted by Gasteiger charge is -2.35. The van der Waals surface area contributed by atoms with Crippen LogP contribution in [0.3, 0.4) is 0 Å². The number of pyridine rings is 1. The van der Waals surface area contributed by atoms with Gasteiger partial charge in [0.15, 0.2) is 0 Å². The number of aryl methyl sites for hydroxylation is 1. The molecule has 0 aromatic carbocycles. The number of likely N-dealkylation sites (tertiary alicyclic amines) is 1. The summed E-state index contributed by atoms with van der Waals surface area (Å²) in [5.74, 6) is 0.225. The summed E-state index contributed by atoms with van der Waals surface area (Å²) in [5.41, 5.74) is 2.96. The van der Waals surface area contributed by atoms with Gasteiger partial charge in [-0.05, 0) is 44.2 Å². The second-order valence-electron chi connectivity index (χ2n) is 5.98. The Morgan fingerprint density at radius 2 is 2.29 bits per heavy atom. The number of aromatic nitrogens is 2. The van der Waals surface area contributed by atoms with Crippen LogP contribution < -0.4 is 0 Å². The van der Waals surface area contributed by atoms with Gasteiger partial charge >= 0.3 is 0 Å². The van der Waals surface area contributed by atoms with Gasteiger partial charge < -0.3 is 9.30 Å². The Balaban J connectivity index is 1.78. The van der Waals surface area contributed by atoms with Crippen LogP contribution in [0.2, 0.25) is 0 Å². The van der Waals surface area contributed by atoms with Gasteiger partial charge in [-0.2, -0.15) is 0 Å². The zero-order valence-corrected chi connectivity index (χ0v) is 12.9. The molecule has 1 aliphatic rings. The Morgan fingerprint density at radius 1 is 1.43 bits per heavy atom. The summed E-state index contributed by atoms with van der Waals surface area (Å²) < 4.78 is 2.01. The van der Waals surface area contributed by atoms with E-state index in [-0.39, 0.29) is 5.91 Å². The second-order valence-corrected chi connectivity index (χ2v) is 5.98. The molecule has 21 heavy (non-hydrogen) atoms. The van der Waals surface area contributed by atoms with Gasteiger partial charge in [0.25, 0.3) is 0 Å². The maximum Gasteiger partial charge on any atom is 0.228 e. The van der Waals surface area contributed by atoms with E-state index in [1.807, 2.05) is 35.9 Å². The highest BCUT2D eigenvalue weighted by Crippen LogP contribution is 2.20. The quantitative estimate of drug-likeness (QED) is 0.869. The molecule has 1 unspecified atom stereocenters. The van der Waals surface area contributed by atoms with Gasteiger partial charge in [0.2, 0.25) is 5.91 Å². The van der Waals surface area contributed by atoms with Crippen LogP contribution in [0.4, 0.5) is 0 Å². The third-order valence-electron chi connectivity index (χ3n) is 4.48. The molecule has 112 valence electrons. The zero-order chi connectivity index (χ0) is 14.8. The summed E-state index contributed by atoms with van der Waals surface area (Å²) in [6, 6.07) is 4.48. The molecule has 0 N–H and O–H groups in total. The van der Waals surface area contributed by atoms with Gasteiger partial charge in [0.1, 0.15) is 5.65 Å². The minimum absolute atomic E-state index is 0.225. The molecule has 0 bridgehead atoms. The molecule has 1 aliphatic heterocycles. The topological polar surface area (TPSA) is 37.6 Å². The number of imidazole rings is 1. The largest absolute Gasteiger partial charge is 0.339 e. The molecule has 1 saturated heterocycles. The van der Waals surface area contributed by atoms with Crippen LogP contribution in [0.15, 0.2) is 24.5 Å². The molecule has 1 fully saturated rings. The van der Waals surface area contributed by atoms with Crippen LogP contribution in [0, 0.1) is 6.92 Å². The van der Waals surface area contributed by atoms with Crippen LogP contribution in [0.1, 0.15) is 43.9 Å². The Bertz CT molecular complexity index is 647. The van der Waals surface area contributed by atoms with Crippen molar-refractivity contribution in [3.05, 3.63) is 35.8 Å². The molecule has 3 rings (SSSR count). The summed E-state index contributed by atoms with van der Waals surface area (Å²) in [7, 11) is 0. The molecule has 3 heterocycles. The highest BCUT2D eigenvalue weighted by molar-refractivity contribution is 5.79. The SMILES string of the molecule is CCC1CCCCN1C(=O)Cc1cn2cccc(C)c2n1. The lowest BCUT2D eigenvalue weighted by atomic mass is 9.99. The highest BCUT2D eigenvalue weighted by atomic mass is 16.2. The predicted octanol–water partition coefficient (Wildman–Crippen LogP) is 2.98. The Hall–Kier alpha value is -1.84. The van der Waals surface area contributed by atoms with E-state index in [9.17, 15) is 4.79 Å². The first-order valence-electron chi connectivity index (χ1n) is 7.91. The van der Waals surface area contributed by atoms with Gasteiger partial charge in [0.05, 0.1) is 12.1 Å². The van der Waals surface area contributed by atoms with Crippen LogP contribution in [-0.4, -0.2) is 32.8 Å². The van der Waals surface area contributed by atoms with Gasteiger partial charge in [-0.3, -0.25) is 4.79 Å². The normalized spacial score (nSPS) is 19.1. The maximum absolute atomic E-state index is 12.6. The number of carbonyl (C=O) groups excluding carboxylic acids is 1. The molecule has 2 aromatic heterocycles. The summed E-state index contributed by atoms with van der Waals surface area (Å²) in [6.07, 6.45) is 8.95. The summed E-state index contributed by atoms with van der Waals surface area (Å²) in [4.78, 5) is 19.3. The fourth-order valence-electron chi connectivity index (χ4n) is 3.30. The van der Waals surface area contributed by atoms with Crippen LogP contribution >= 0.6 is 0 Å². The van der Waals surface area contributed by atoms with Crippen molar-refractivity contribution in [1.82, 2.24) is 14.3 Å². The number of amides is 1. The third kappa shape index (κ3) is 2.80. The van der Waals surface area contributed by atoms with Gasteiger partial charge in [0, 0.05) is 25.0 Å². The average molecular weight is 285 g/mol. The first-order chi connectivity index (χ1) is 10.2. The van der Waals surface area contributed by atoms with Crippen molar-refractivity contribution in [3.8, 4) is 0 Å². The van der Waals surface area contributed by atoms with E-state index in [2.05, 4.69) is 16.8 Å². The first-order valence-corrected chi connectivity index (χ1v) is 7.91. The number of hydrogen-bond donors (Lipinski definition) is 0. The van der Waals surface area contributed by atoms with E-state index in [1.165, 1.54) is 6.42 Å². The number of rotatable bonds is 3. The van der Waals surface area contributed by atoms with Crippen molar-refractivity contribution in [2.24, 2.45) is 0 Å². The molecule has 0 radical (unpaired) electrons. The zero-order valence-electron chi connectivity index (χ0n) is 12.9. The van der Waals surface area contributed by atoms with Gasteiger partial charge in [-0.25, -0.2) is 4.98 Å². The Morgan fingerprint density at radius 3 is 3.05 bits per heavy atom. The van der Waals surface area contributed by atoms with Crippen LogP contribution in [-0.2, 0) is 11.2 Å². The molecular formula is C17H23N3O. The summed E-state index contributed by atoms with van der Waals surface area (Å²) in [5, 5.41) is 0. The number of piperidine rings is 1. The van der Waals surface area contributed by atoms with Crippen molar-refractivity contribution in [2.45, 2.75) is 52.0 Å². The van der Waals surface area contributed by atoms with Crippen molar-refractivity contribution in [3.63, 3.8) is 0 Å². The van der Waals surface area contributed by atoms with Crippen LogP contribution in [0.25, 0.3) is 5.65 Å². The van der Waals surface area contributed by atoms with Gasteiger partial charge in [-0.1, -0.05) is 13.0 Å². The highest BCUT2D eigenvalue weighted by Gasteiger charge is 2.25. The lowest BCUT2D eigenvalue weighted by Crippen LogP contribution is -2.44.